The van der Waals surface area contributed by atoms with Gasteiger partial charge in [0.25, 0.3) is 0 Å². The zero-order chi connectivity index (χ0) is 14.4. The summed E-state index contributed by atoms with van der Waals surface area (Å²) in [6, 6.07) is 0. The molecule has 0 spiro atoms. The predicted molar refractivity (Wildman–Crippen MR) is 79.9 cm³/mol. The van der Waals surface area contributed by atoms with Gasteiger partial charge in [-0.1, -0.05) is 28.4 Å². The second kappa shape index (κ2) is 7.32. The molecule has 0 heterocycles. The van der Waals surface area contributed by atoms with Crippen LogP contribution in [0.4, 0.5) is 0 Å². The number of carbonyl (C=O) groups excluding carboxylic acids is 1. The van der Waals surface area contributed by atoms with Crippen molar-refractivity contribution in [2.24, 2.45) is 0 Å². The molecule has 1 rings (SSSR count). The highest BCUT2D eigenvalue weighted by atomic mass is 16.5. The number of hydrogen-bond donors (Lipinski definition) is 0. The van der Waals surface area contributed by atoms with Crippen LogP contribution in [0.15, 0.2) is 34.4 Å². The van der Waals surface area contributed by atoms with Gasteiger partial charge in [0.2, 0.25) is 0 Å². The monoisotopic (exact) mass is 262 g/mol. The van der Waals surface area contributed by atoms with Crippen molar-refractivity contribution in [3.63, 3.8) is 0 Å². The first-order valence-electron chi connectivity index (χ1n) is 7.04. The number of rotatable bonds is 4. The lowest BCUT2D eigenvalue weighted by molar-refractivity contribution is -0.144. The van der Waals surface area contributed by atoms with E-state index in [9.17, 15) is 4.79 Å². The van der Waals surface area contributed by atoms with E-state index in [2.05, 4.69) is 19.9 Å². The third-order valence-electron chi connectivity index (χ3n) is 3.47. The molecule has 2 heteroatoms. The van der Waals surface area contributed by atoms with E-state index >= 15 is 0 Å². The van der Waals surface area contributed by atoms with Crippen molar-refractivity contribution in [3.8, 4) is 0 Å². The highest BCUT2D eigenvalue weighted by molar-refractivity contribution is 5.66. The van der Waals surface area contributed by atoms with Crippen LogP contribution in [0.5, 0.6) is 0 Å². The Bertz CT molecular complexity index is 421. The van der Waals surface area contributed by atoms with E-state index in [1.54, 1.807) is 0 Å². The van der Waals surface area contributed by atoms with Crippen LogP contribution in [-0.4, -0.2) is 12.1 Å². The smallest absolute Gasteiger partial charge is 0.303 e. The van der Waals surface area contributed by atoms with Crippen molar-refractivity contribution in [2.45, 2.75) is 66.4 Å². The minimum absolute atomic E-state index is 0.123. The first-order chi connectivity index (χ1) is 8.88. The van der Waals surface area contributed by atoms with Gasteiger partial charge in [-0.25, -0.2) is 0 Å². The maximum atomic E-state index is 11.2. The molecule has 1 aliphatic carbocycles. The van der Waals surface area contributed by atoms with Crippen molar-refractivity contribution in [2.75, 3.05) is 0 Å². The molecule has 0 N–H and O–H groups in total. The largest absolute Gasteiger partial charge is 0.458 e. The molecule has 19 heavy (non-hydrogen) atoms. The summed E-state index contributed by atoms with van der Waals surface area (Å²) in [4.78, 5) is 11.2. The molecular weight excluding hydrogens is 236 g/mol. The van der Waals surface area contributed by atoms with Crippen LogP contribution in [0.3, 0.4) is 0 Å². The van der Waals surface area contributed by atoms with Crippen LogP contribution in [-0.2, 0) is 9.53 Å². The lowest BCUT2D eigenvalue weighted by Crippen LogP contribution is -2.15. The van der Waals surface area contributed by atoms with Gasteiger partial charge in [-0.05, 0) is 53.0 Å². The summed E-state index contributed by atoms with van der Waals surface area (Å²) >= 11 is 0. The molecule has 0 fully saturated rings. The quantitative estimate of drug-likeness (QED) is 0.541. The third-order valence-corrected chi connectivity index (χ3v) is 3.47. The van der Waals surface area contributed by atoms with Crippen LogP contribution in [0, 0.1) is 0 Å². The van der Waals surface area contributed by atoms with Gasteiger partial charge in [0, 0.05) is 13.3 Å². The van der Waals surface area contributed by atoms with E-state index in [4.69, 9.17) is 4.74 Å². The molecule has 106 valence electrons. The fraction of sp³-hybridized carbons (Fsp3) is 0.588. The summed E-state index contributed by atoms with van der Waals surface area (Å²) < 4.78 is 5.38. The minimum atomic E-state index is -0.209. The fourth-order valence-electron chi connectivity index (χ4n) is 2.40. The SMILES string of the molecule is CC(=O)OC(C=C(C)C)C/C(C)=C1/CC=C(C)CC1. The molecule has 1 aliphatic rings. The Kier molecular flexibility index (Phi) is 6.07. The van der Waals surface area contributed by atoms with Crippen molar-refractivity contribution in [1.29, 1.82) is 0 Å². The van der Waals surface area contributed by atoms with Gasteiger partial charge in [-0.15, -0.1) is 0 Å². The molecule has 0 aromatic heterocycles. The maximum Gasteiger partial charge on any atom is 0.303 e. The van der Waals surface area contributed by atoms with E-state index in [0.29, 0.717) is 0 Å². The molecule has 0 amide bonds. The van der Waals surface area contributed by atoms with Crippen molar-refractivity contribution >= 4 is 5.97 Å². The third kappa shape index (κ3) is 5.91. The zero-order valence-corrected chi connectivity index (χ0v) is 12.9. The van der Waals surface area contributed by atoms with Gasteiger partial charge in [0.05, 0.1) is 0 Å². The Morgan fingerprint density at radius 2 is 2.00 bits per heavy atom. The molecule has 0 saturated heterocycles. The summed E-state index contributed by atoms with van der Waals surface area (Å²) in [5.74, 6) is -0.209. The van der Waals surface area contributed by atoms with Crippen LogP contribution >= 0.6 is 0 Å². The molecule has 1 atom stereocenters. The Hall–Kier alpha value is -1.31. The van der Waals surface area contributed by atoms with Gasteiger partial charge in [-0.2, -0.15) is 0 Å². The molecular formula is C17H26O2. The number of hydrogen-bond acceptors (Lipinski definition) is 2. The van der Waals surface area contributed by atoms with Crippen LogP contribution in [0.1, 0.15) is 60.3 Å². The van der Waals surface area contributed by atoms with E-state index in [1.807, 2.05) is 19.9 Å². The lowest BCUT2D eigenvalue weighted by Gasteiger charge is -2.19. The van der Waals surface area contributed by atoms with Crippen molar-refractivity contribution < 1.29 is 9.53 Å². The summed E-state index contributed by atoms with van der Waals surface area (Å²) in [5.41, 5.74) is 5.54. The van der Waals surface area contributed by atoms with Gasteiger partial charge in [0.1, 0.15) is 6.10 Å². The Labute approximate surface area is 117 Å². The second-order valence-corrected chi connectivity index (χ2v) is 5.73. The highest BCUT2D eigenvalue weighted by Crippen LogP contribution is 2.27. The topological polar surface area (TPSA) is 26.3 Å². The van der Waals surface area contributed by atoms with Crippen LogP contribution < -0.4 is 0 Å². The molecule has 0 radical (unpaired) electrons. The Morgan fingerprint density at radius 1 is 1.32 bits per heavy atom. The highest BCUT2D eigenvalue weighted by Gasteiger charge is 2.14. The van der Waals surface area contributed by atoms with E-state index in [-0.39, 0.29) is 12.1 Å². The molecule has 0 bridgehead atoms. The van der Waals surface area contributed by atoms with Crippen LogP contribution in [0.25, 0.3) is 0 Å². The first-order valence-corrected chi connectivity index (χ1v) is 7.04. The molecule has 0 aliphatic heterocycles. The van der Waals surface area contributed by atoms with Gasteiger partial charge in [-0.3, -0.25) is 4.79 Å². The Morgan fingerprint density at radius 3 is 2.47 bits per heavy atom. The molecule has 0 saturated carbocycles. The molecule has 0 aromatic carbocycles. The lowest BCUT2D eigenvalue weighted by atomic mass is 9.90. The van der Waals surface area contributed by atoms with Gasteiger partial charge >= 0.3 is 5.97 Å². The Balaban J connectivity index is 2.75. The standard InChI is InChI=1S/C17H26O2/c1-12(2)10-17(19-15(5)18)11-14(4)16-8-6-13(3)7-9-16/h6,10,17H,7-9,11H2,1-5H3/b16-14-. The number of carbonyl (C=O) groups is 1. The first kappa shape index (κ1) is 15.7. The van der Waals surface area contributed by atoms with Crippen molar-refractivity contribution in [1.82, 2.24) is 0 Å². The van der Waals surface area contributed by atoms with E-state index < -0.39 is 0 Å². The van der Waals surface area contributed by atoms with Crippen LogP contribution in [0.2, 0.25) is 0 Å². The summed E-state index contributed by atoms with van der Waals surface area (Å²) in [7, 11) is 0. The van der Waals surface area contributed by atoms with Crippen molar-refractivity contribution in [3.05, 3.63) is 34.4 Å². The number of allylic oxidation sites excluding steroid dienone is 4. The minimum Gasteiger partial charge on any atom is -0.458 e. The number of esters is 1. The summed E-state index contributed by atoms with van der Waals surface area (Å²) in [6.45, 7) is 9.90. The second-order valence-electron chi connectivity index (χ2n) is 5.73. The van der Waals surface area contributed by atoms with E-state index in [1.165, 1.54) is 29.2 Å². The normalized spacial score (nSPS) is 19.3. The molecule has 0 aromatic rings. The average Bonchev–Trinajstić information content (AvgIpc) is 2.27. The van der Waals surface area contributed by atoms with Gasteiger partial charge in [0.15, 0.2) is 0 Å². The average molecular weight is 262 g/mol. The maximum absolute atomic E-state index is 11.2. The van der Waals surface area contributed by atoms with E-state index in [0.717, 1.165) is 25.7 Å². The number of ether oxygens (including phenoxy) is 1. The fourth-order valence-corrected chi connectivity index (χ4v) is 2.40. The molecule has 1 unspecified atom stereocenters. The predicted octanol–water partition coefficient (Wildman–Crippen LogP) is 4.72. The summed E-state index contributed by atoms with van der Waals surface area (Å²) in [6.07, 6.45) is 8.40. The zero-order valence-electron chi connectivity index (χ0n) is 12.9. The molecule has 2 nitrogen and oxygen atoms in total. The van der Waals surface area contributed by atoms with Gasteiger partial charge < -0.3 is 4.74 Å². The summed E-state index contributed by atoms with van der Waals surface area (Å²) in [5, 5.41) is 0.